The highest BCUT2D eigenvalue weighted by Crippen LogP contribution is 2.51. The first kappa shape index (κ1) is 21.3. The van der Waals surface area contributed by atoms with E-state index in [0.717, 1.165) is 12.0 Å². The van der Waals surface area contributed by atoms with Crippen LogP contribution in [0.2, 0.25) is 18.1 Å². The number of carbonyl (C=O) groups is 1. The van der Waals surface area contributed by atoms with Crippen LogP contribution in [0.4, 0.5) is 0 Å². The Balaban J connectivity index is 1.64. The number of carbonyl (C=O) groups excluding carboxylic acids is 1. The summed E-state index contributed by atoms with van der Waals surface area (Å²) in [5, 5.41) is 0.0299. The predicted octanol–water partition coefficient (Wildman–Crippen LogP) is 5.52. The molecule has 2 aromatic carbocycles. The number of hydrogen-bond acceptors (Lipinski definition) is 3. The van der Waals surface area contributed by atoms with E-state index in [4.69, 9.17) is 9.16 Å². The maximum Gasteiger partial charge on any atom is 0.260 e. The molecular formula is C25H33NO3Si. The van der Waals surface area contributed by atoms with Crippen molar-refractivity contribution >= 4 is 14.2 Å². The van der Waals surface area contributed by atoms with Crippen LogP contribution in [-0.2, 0) is 20.4 Å². The summed E-state index contributed by atoms with van der Waals surface area (Å²) < 4.78 is 13.4. The maximum atomic E-state index is 13.5. The molecule has 0 radical (unpaired) electrons. The van der Waals surface area contributed by atoms with Crippen molar-refractivity contribution in [3.05, 3.63) is 71.8 Å². The van der Waals surface area contributed by atoms with Gasteiger partial charge in [-0.15, -0.1) is 0 Å². The molecule has 0 aliphatic carbocycles. The third kappa shape index (κ3) is 3.86. The highest BCUT2D eigenvalue weighted by Gasteiger charge is 2.61. The summed E-state index contributed by atoms with van der Waals surface area (Å²) in [6.45, 7) is 11.8. The molecule has 3 atom stereocenters. The fourth-order valence-electron chi connectivity index (χ4n) is 4.28. The van der Waals surface area contributed by atoms with E-state index >= 15 is 0 Å². The average Bonchev–Trinajstić information content (AvgIpc) is 3.15. The van der Waals surface area contributed by atoms with Crippen LogP contribution >= 0.6 is 0 Å². The van der Waals surface area contributed by atoms with E-state index in [-0.39, 0.29) is 10.9 Å². The molecule has 5 heteroatoms. The summed E-state index contributed by atoms with van der Waals surface area (Å²) in [6, 6.07) is 20.3. The first-order valence-corrected chi connectivity index (χ1v) is 13.8. The van der Waals surface area contributed by atoms with Gasteiger partial charge in [0.1, 0.15) is 0 Å². The van der Waals surface area contributed by atoms with Crippen LogP contribution in [-0.4, -0.2) is 31.6 Å². The zero-order chi connectivity index (χ0) is 21.6. The number of hydrogen-bond donors (Lipinski definition) is 0. The van der Waals surface area contributed by atoms with Crippen LogP contribution in [0.1, 0.15) is 44.4 Å². The second kappa shape index (κ2) is 7.63. The summed E-state index contributed by atoms with van der Waals surface area (Å²) in [5.74, 6) is -0.617. The third-order valence-electron chi connectivity index (χ3n) is 6.88. The smallest absolute Gasteiger partial charge is 0.260 e. The van der Waals surface area contributed by atoms with E-state index in [1.807, 2.05) is 41.3 Å². The molecule has 0 unspecified atom stereocenters. The van der Waals surface area contributed by atoms with E-state index < -0.39 is 20.3 Å². The Morgan fingerprint density at radius 3 is 2.27 bits per heavy atom. The molecular weight excluding hydrogens is 390 g/mol. The van der Waals surface area contributed by atoms with Crippen molar-refractivity contribution in [3.63, 3.8) is 0 Å². The van der Waals surface area contributed by atoms with Gasteiger partial charge in [0.25, 0.3) is 5.91 Å². The molecule has 2 heterocycles. The molecule has 2 aliphatic heterocycles. The quantitative estimate of drug-likeness (QED) is 0.594. The molecule has 160 valence electrons. The fourth-order valence-corrected chi connectivity index (χ4v) is 5.62. The van der Waals surface area contributed by atoms with Gasteiger partial charge in [-0.25, -0.2) is 0 Å². The van der Waals surface area contributed by atoms with Gasteiger partial charge in [0.15, 0.2) is 14.4 Å². The molecule has 0 bridgehead atoms. The lowest BCUT2D eigenvalue weighted by Crippen LogP contribution is -2.54. The second-order valence-electron chi connectivity index (χ2n) is 10.2. The molecule has 2 aromatic rings. The van der Waals surface area contributed by atoms with Crippen molar-refractivity contribution in [3.8, 4) is 0 Å². The van der Waals surface area contributed by atoms with Gasteiger partial charge in [0.2, 0.25) is 5.91 Å². The summed E-state index contributed by atoms with van der Waals surface area (Å²) in [6.07, 6.45) is 1.05. The van der Waals surface area contributed by atoms with E-state index in [9.17, 15) is 4.79 Å². The molecule has 2 fully saturated rings. The Morgan fingerprint density at radius 2 is 1.67 bits per heavy atom. The van der Waals surface area contributed by atoms with Crippen LogP contribution in [0.3, 0.4) is 0 Å². The SMILES string of the molecule is CC(C)(C)[Si](C)(C)O[C@@]12C[C@@H](Cc3ccccc3)CN1C(=O)[C@H](c1ccccc1)O2. The molecule has 2 aliphatic rings. The molecule has 4 rings (SSSR count). The minimum Gasteiger partial charge on any atom is -0.374 e. The van der Waals surface area contributed by atoms with Crippen LogP contribution in [0, 0.1) is 5.92 Å². The van der Waals surface area contributed by atoms with Gasteiger partial charge >= 0.3 is 0 Å². The van der Waals surface area contributed by atoms with Gasteiger partial charge in [-0.1, -0.05) is 81.4 Å². The lowest BCUT2D eigenvalue weighted by atomic mass is 9.97. The van der Waals surface area contributed by atoms with Gasteiger partial charge in [0.05, 0.1) is 0 Å². The molecule has 2 saturated heterocycles. The van der Waals surface area contributed by atoms with E-state index in [2.05, 4.69) is 58.1 Å². The predicted molar refractivity (Wildman–Crippen MR) is 121 cm³/mol. The van der Waals surface area contributed by atoms with Crippen LogP contribution < -0.4 is 0 Å². The van der Waals surface area contributed by atoms with Crippen molar-refractivity contribution in [1.29, 1.82) is 0 Å². The van der Waals surface area contributed by atoms with Gasteiger partial charge in [-0.2, -0.15) is 0 Å². The summed E-state index contributed by atoms with van der Waals surface area (Å²) in [4.78, 5) is 15.4. The van der Waals surface area contributed by atoms with Crippen molar-refractivity contribution in [2.75, 3.05) is 6.54 Å². The first-order valence-electron chi connectivity index (χ1n) is 10.9. The molecule has 0 spiro atoms. The summed E-state index contributed by atoms with van der Waals surface area (Å²) in [7, 11) is -2.17. The number of nitrogens with zero attached hydrogens (tertiary/aromatic N) is 1. The monoisotopic (exact) mass is 423 g/mol. The number of fused-ring (bicyclic) bond motifs is 1. The molecule has 0 aromatic heterocycles. The van der Waals surface area contributed by atoms with Gasteiger partial charge in [-0.3, -0.25) is 9.69 Å². The largest absolute Gasteiger partial charge is 0.374 e. The molecule has 30 heavy (non-hydrogen) atoms. The standard InChI is InChI=1S/C25H33NO3Si/c1-24(2,3)30(4,5)29-25-17-20(16-19-12-8-6-9-13-19)18-26(25)23(27)22(28-25)21-14-10-7-11-15-21/h6-15,20,22H,16-18H2,1-5H3/t20-,22+,25+/m1/s1. The molecule has 0 N–H and O–H groups in total. The first-order chi connectivity index (χ1) is 14.1. The van der Waals surface area contributed by atoms with Crippen molar-refractivity contribution in [2.24, 2.45) is 5.92 Å². The maximum absolute atomic E-state index is 13.5. The van der Waals surface area contributed by atoms with E-state index in [1.54, 1.807) is 0 Å². The number of rotatable bonds is 5. The zero-order valence-corrected chi connectivity index (χ0v) is 19.7. The third-order valence-corrected chi connectivity index (χ3v) is 11.3. The average molecular weight is 424 g/mol. The number of ether oxygens (including phenoxy) is 1. The van der Waals surface area contributed by atoms with Gasteiger partial charge in [0, 0.05) is 13.0 Å². The Bertz CT molecular complexity index is 894. The molecule has 4 nitrogen and oxygen atoms in total. The normalized spacial score (nSPS) is 26.8. The summed E-state index contributed by atoms with van der Waals surface area (Å²) in [5.41, 5.74) is 2.19. The van der Waals surface area contributed by atoms with Crippen molar-refractivity contribution in [1.82, 2.24) is 4.90 Å². The van der Waals surface area contributed by atoms with Crippen molar-refractivity contribution in [2.45, 2.75) is 63.8 Å². The van der Waals surface area contributed by atoms with Crippen LogP contribution in [0.15, 0.2) is 60.7 Å². The second-order valence-corrected chi connectivity index (χ2v) is 14.9. The van der Waals surface area contributed by atoms with E-state index in [1.165, 1.54) is 5.56 Å². The zero-order valence-electron chi connectivity index (χ0n) is 18.7. The van der Waals surface area contributed by atoms with Crippen LogP contribution in [0.25, 0.3) is 0 Å². The Morgan fingerprint density at radius 1 is 1.07 bits per heavy atom. The molecule has 1 amide bonds. The number of amides is 1. The van der Waals surface area contributed by atoms with Crippen molar-refractivity contribution < 1.29 is 14.0 Å². The Kier molecular flexibility index (Phi) is 5.41. The Labute approximate surface area is 181 Å². The van der Waals surface area contributed by atoms with Gasteiger partial charge < -0.3 is 9.16 Å². The minimum atomic E-state index is -2.17. The lowest BCUT2D eigenvalue weighted by Gasteiger charge is -2.43. The van der Waals surface area contributed by atoms with Gasteiger partial charge in [-0.05, 0) is 41.6 Å². The minimum absolute atomic E-state index is 0.0236. The van der Waals surface area contributed by atoms with Crippen LogP contribution in [0.5, 0.6) is 0 Å². The molecule has 0 saturated carbocycles. The fraction of sp³-hybridized carbons (Fsp3) is 0.480. The Hall–Kier alpha value is -1.95. The lowest BCUT2D eigenvalue weighted by molar-refractivity contribution is -0.230. The summed E-state index contributed by atoms with van der Waals surface area (Å²) >= 11 is 0. The highest BCUT2D eigenvalue weighted by atomic mass is 28.4. The topological polar surface area (TPSA) is 38.8 Å². The number of benzene rings is 2. The highest BCUT2D eigenvalue weighted by molar-refractivity contribution is 6.74. The van der Waals surface area contributed by atoms with E-state index in [0.29, 0.717) is 18.9 Å².